The topological polar surface area (TPSA) is 127 Å². The Morgan fingerprint density at radius 1 is 1.56 bits per heavy atom. The summed E-state index contributed by atoms with van der Waals surface area (Å²) in [5.41, 5.74) is 3.53. The fraction of sp³-hybridized carbons (Fsp3) is 0. The van der Waals surface area contributed by atoms with Gasteiger partial charge in [0.1, 0.15) is 11.6 Å². The molecular weight excluding hydrogens is 214 g/mol. The van der Waals surface area contributed by atoms with Crippen LogP contribution in [-0.2, 0) is 0 Å². The molecule has 1 aromatic carbocycles. The number of carbonyl (C=O) groups is 2. The van der Waals surface area contributed by atoms with Gasteiger partial charge in [0.25, 0.3) is 5.69 Å². The molecule has 7 nitrogen and oxygen atoms in total. The van der Waals surface area contributed by atoms with Crippen LogP contribution in [0.25, 0.3) is 0 Å². The van der Waals surface area contributed by atoms with Gasteiger partial charge in [0, 0.05) is 11.6 Å². The van der Waals surface area contributed by atoms with Gasteiger partial charge in [-0.05, 0) is 6.07 Å². The highest BCUT2D eigenvalue weighted by molar-refractivity contribution is 5.96. The summed E-state index contributed by atoms with van der Waals surface area (Å²) in [6.07, 6.45) is 0.196. The van der Waals surface area contributed by atoms with Crippen molar-refractivity contribution in [3.63, 3.8) is 0 Å². The molecule has 0 atom stereocenters. The van der Waals surface area contributed by atoms with Crippen LogP contribution >= 0.6 is 0 Å². The first kappa shape index (κ1) is 11.3. The van der Waals surface area contributed by atoms with E-state index in [0.29, 0.717) is 0 Å². The molecule has 0 radical (unpaired) electrons. The molecule has 0 aliphatic heterocycles. The lowest BCUT2D eigenvalue weighted by Gasteiger charge is -2.01. The summed E-state index contributed by atoms with van der Waals surface area (Å²) in [5.74, 6) is -0.906. The lowest BCUT2D eigenvalue weighted by Crippen LogP contribution is -2.12. The number of hydrogen-bond donors (Lipinski definition) is 1. The summed E-state index contributed by atoms with van der Waals surface area (Å²) in [6, 6.07) is 3.50. The quantitative estimate of drug-likeness (QED) is 0.446. The van der Waals surface area contributed by atoms with Gasteiger partial charge in [0.15, 0.2) is 6.29 Å². The maximum Gasteiger partial charge on any atom is 0.282 e. The van der Waals surface area contributed by atoms with E-state index in [1.165, 1.54) is 0 Å². The van der Waals surface area contributed by atoms with Crippen molar-refractivity contribution >= 4 is 17.9 Å². The molecule has 0 unspecified atom stereocenters. The van der Waals surface area contributed by atoms with Crippen molar-refractivity contribution in [2.45, 2.75) is 0 Å². The van der Waals surface area contributed by atoms with Crippen molar-refractivity contribution < 1.29 is 14.5 Å². The lowest BCUT2D eigenvalue weighted by molar-refractivity contribution is -0.385. The summed E-state index contributed by atoms with van der Waals surface area (Å²) in [4.78, 5) is 31.2. The monoisotopic (exact) mass is 219 g/mol. The molecule has 1 aromatic rings. The highest BCUT2D eigenvalue weighted by atomic mass is 16.6. The predicted octanol–water partition coefficient (Wildman–Crippen LogP) is 0.378. The Balaban J connectivity index is 3.64. The van der Waals surface area contributed by atoms with Gasteiger partial charge in [-0.1, -0.05) is 0 Å². The molecule has 0 spiro atoms. The molecule has 1 rings (SSSR count). The van der Waals surface area contributed by atoms with Crippen LogP contribution in [0.1, 0.15) is 26.3 Å². The van der Waals surface area contributed by atoms with Crippen LogP contribution in [0, 0.1) is 21.4 Å². The first-order chi connectivity index (χ1) is 7.51. The summed E-state index contributed by atoms with van der Waals surface area (Å²) in [6.45, 7) is 0. The fourth-order valence-corrected chi connectivity index (χ4v) is 1.15. The average molecular weight is 219 g/mol. The Kier molecular flexibility index (Phi) is 2.96. The lowest BCUT2D eigenvalue weighted by atomic mass is 10.0. The van der Waals surface area contributed by atoms with E-state index in [0.717, 1.165) is 12.1 Å². The number of carbonyl (C=O) groups excluding carboxylic acids is 2. The molecule has 0 aromatic heterocycles. The molecular formula is C9H5N3O4. The first-order valence-electron chi connectivity index (χ1n) is 3.98. The zero-order valence-corrected chi connectivity index (χ0v) is 7.84. The number of primary amides is 1. The minimum absolute atomic E-state index is 0.186. The first-order valence-corrected chi connectivity index (χ1v) is 3.98. The second kappa shape index (κ2) is 4.18. The molecule has 0 bridgehead atoms. The highest BCUT2D eigenvalue weighted by Crippen LogP contribution is 2.22. The van der Waals surface area contributed by atoms with Gasteiger partial charge in [-0.2, -0.15) is 5.26 Å². The van der Waals surface area contributed by atoms with E-state index in [2.05, 4.69) is 0 Å². The van der Waals surface area contributed by atoms with Crippen LogP contribution < -0.4 is 5.73 Å². The fourth-order valence-electron chi connectivity index (χ4n) is 1.15. The number of nitriles is 1. The van der Waals surface area contributed by atoms with Crippen LogP contribution in [0.15, 0.2) is 12.1 Å². The van der Waals surface area contributed by atoms with Crippen molar-refractivity contribution in [3.05, 3.63) is 38.9 Å². The van der Waals surface area contributed by atoms with Gasteiger partial charge in [-0.3, -0.25) is 19.7 Å². The number of amides is 1. The van der Waals surface area contributed by atoms with Gasteiger partial charge in [-0.25, -0.2) is 0 Å². The van der Waals surface area contributed by atoms with E-state index in [-0.39, 0.29) is 23.0 Å². The van der Waals surface area contributed by atoms with Gasteiger partial charge in [0.05, 0.1) is 10.5 Å². The zero-order chi connectivity index (χ0) is 12.3. The molecule has 0 aliphatic rings. The van der Waals surface area contributed by atoms with E-state index in [9.17, 15) is 19.7 Å². The number of nitrogens with zero attached hydrogens (tertiary/aromatic N) is 2. The van der Waals surface area contributed by atoms with E-state index >= 15 is 0 Å². The number of nitro groups is 1. The Labute approximate surface area is 89.2 Å². The van der Waals surface area contributed by atoms with Gasteiger partial charge in [-0.15, -0.1) is 0 Å². The van der Waals surface area contributed by atoms with Crippen LogP contribution in [-0.4, -0.2) is 17.1 Å². The molecule has 0 saturated heterocycles. The summed E-state index contributed by atoms with van der Waals surface area (Å²) in [7, 11) is 0. The molecule has 80 valence electrons. The standard InChI is InChI=1S/C9H5N3O4/c10-3-6-1-5(9(11)14)2-8(12(15)16)7(6)4-13/h1-2,4H,(H2,11,14). The molecule has 7 heteroatoms. The summed E-state index contributed by atoms with van der Waals surface area (Å²) < 4.78 is 0. The van der Waals surface area contributed by atoms with Crippen LogP contribution in [0.4, 0.5) is 5.69 Å². The highest BCUT2D eigenvalue weighted by Gasteiger charge is 2.20. The Morgan fingerprint density at radius 2 is 2.19 bits per heavy atom. The van der Waals surface area contributed by atoms with E-state index in [1.807, 2.05) is 0 Å². The molecule has 0 aliphatic carbocycles. The Bertz CT molecular complexity index is 530. The van der Waals surface area contributed by atoms with Crippen LogP contribution in [0.2, 0.25) is 0 Å². The third-order valence-corrected chi connectivity index (χ3v) is 1.88. The van der Waals surface area contributed by atoms with E-state index in [1.54, 1.807) is 6.07 Å². The van der Waals surface area contributed by atoms with Crippen molar-refractivity contribution in [2.75, 3.05) is 0 Å². The summed E-state index contributed by atoms with van der Waals surface area (Å²) in [5, 5.41) is 19.3. The van der Waals surface area contributed by atoms with Gasteiger partial charge < -0.3 is 5.73 Å². The third-order valence-electron chi connectivity index (χ3n) is 1.88. The maximum absolute atomic E-state index is 10.8. The van der Waals surface area contributed by atoms with Crippen LogP contribution in [0.3, 0.4) is 0 Å². The smallest absolute Gasteiger partial charge is 0.282 e. The van der Waals surface area contributed by atoms with Crippen molar-refractivity contribution in [2.24, 2.45) is 5.73 Å². The number of nitrogens with two attached hydrogens (primary N) is 1. The van der Waals surface area contributed by atoms with Gasteiger partial charge >= 0.3 is 0 Å². The molecule has 16 heavy (non-hydrogen) atoms. The zero-order valence-electron chi connectivity index (χ0n) is 7.84. The number of aldehydes is 1. The molecule has 0 saturated carbocycles. The van der Waals surface area contributed by atoms with Crippen molar-refractivity contribution in [3.8, 4) is 6.07 Å². The van der Waals surface area contributed by atoms with Crippen molar-refractivity contribution in [1.29, 1.82) is 5.26 Å². The second-order valence-corrected chi connectivity index (χ2v) is 2.81. The largest absolute Gasteiger partial charge is 0.366 e. The number of nitro benzene ring substituents is 1. The number of hydrogen-bond acceptors (Lipinski definition) is 5. The van der Waals surface area contributed by atoms with E-state index in [4.69, 9.17) is 11.0 Å². The van der Waals surface area contributed by atoms with Crippen LogP contribution in [0.5, 0.6) is 0 Å². The normalized spacial score (nSPS) is 9.19. The maximum atomic E-state index is 10.8. The Morgan fingerprint density at radius 3 is 2.56 bits per heavy atom. The predicted molar refractivity (Wildman–Crippen MR) is 51.7 cm³/mol. The number of rotatable bonds is 3. The van der Waals surface area contributed by atoms with Crippen molar-refractivity contribution in [1.82, 2.24) is 0 Å². The molecule has 0 heterocycles. The SMILES string of the molecule is N#Cc1cc(C(N)=O)cc([N+](=O)[O-])c1C=O. The molecule has 2 N–H and O–H groups in total. The van der Waals surface area contributed by atoms with E-state index < -0.39 is 16.5 Å². The summed E-state index contributed by atoms with van der Waals surface area (Å²) >= 11 is 0. The molecule has 0 fully saturated rings. The van der Waals surface area contributed by atoms with Gasteiger partial charge in [0.2, 0.25) is 5.91 Å². The molecule has 1 amide bonds. The minimum atomic E-state index is -0.906. The third kappa shape index (κ3) is 1.85. The second-order valence-electron chi connectivity index (χ2n) is 2.81. The average Bonchev–Trinajstić information content (AvgIpc) is 2.26. The Hall–Kier alpha value is -2.75. The number of benzene rings is 1. The minimum Gasteiger partial charge on any atom is -0.366 e.